The quantitative estimate of drug-likeness (QED) is 0.351. The summed E-state index contributed by atoms with van der Waals surface area (Å²) in [5, 5.41) is 1.22. The number of piperazine rings is 1. The van der Waals surface area contributed by atoms with E-state index in [1.54, 1.807) is 0 Å². The third-order valence-electron chi connectivity index (χ3n) is 8.02. The van der Waals surface area contributed by atoms with Gasteiger partial charge >= 0.3 is 0 Å². The fourth-order valence-corrected chi connectivity index (χ4v) is 5.78. The van der Waals surface area contributed by atoms with Gasteiger partial charge in [-0.25, -0.2) is 0 Å². The number of carbonyl (C=O) groups is 1. The molecule has 3 aromatic carbocycles. The largest absolute Gasteiger partial charge is 0.454 e. The van der Waals surface area contributed by atoms with Gasteiger partial charge in [0.25, 0.3) is 0 Å². The number of aromatic nitrogens is 1. The second kappa shape index (κ2) is 10.5. The Hall–Kier alpha value is -3.77. The van der Waals surface area contributed by atoms with Gasteiger partial charge in [0.2, 0.25) is 12.7 Å². The van der Waals surface area contributed by atoms with Crippen molar-refractivity contribution in [3.63, 3.8) is 0 Å². The summed E-state index contributed by atoms with van der Waals surface area (Å²) in [7, 11) is 0. The van der Waals surface area contributed by atoms with Crippen LogP contribution in [0.5, 0.6) is 11.5 Å². The molecule has 1 aromatic heterocycles. The van der Waals surface area contributed by atoms with E-state index in [1.807, 2.05) is 11.0 Å². The number of hydrogen-bond donors (Lipinski definition) is 1. The number of nitrogens with zero attached hydrogens (tertiary/aromatic N) is 2. The van der Waals surface area contributed by atoms with Crippen molar-refractivity contribution >= 4 is 16.8 Å². The van der Waals surface area contributed by atoms with Crippen molar-refractivity contribution in [3.8, 4) is 11.5 Å². The monoisotopic (exact) mass is 509 g/mol. The lowest BCUT2D eigenvalue weighted by atomic mass is 9.87. The van der Waals surface area contributed by atoms with Crippen LogP contribution in [-0.4, -0.2) is 53.7 Å². The van der Waals surface area contributed by atoms with Crippen LogP contribution in [0.2, 0.25) is 0 Å². The van der Waals surface area contributed by atoms with E-state index in [1.165, 1.54) is 38.7 Å². The highest BCUT2D eigenvalue weighted by atomic mass is 16.7. The van der Waals surface area contributed by atoms with Crippen LogP contribution in [0.4, 0.5) is 0 Å². The predicted molar refractivity (Wildman–Crippen MR) is 150 cm³/mol. The number of aryl methyl sites for hydroxylation is 2. The van der Waals surface area contributed by atoms with Gasteiger partial charge in [-0.3, -0.25) is 9.69 Å². The topological polar surface area (TPSA) is 57.8 Å². The number of aromatic amines is 1. The van der Waals surface area contributed by atoms with Crippen LogP contribution in [0.15, 0.2) is 66.9 Å². The Morgan fingerprint density at radius 1 is 0.974 bits per heavy atom. The minimum absolute atomic E-state index is 0.00983. The van der Waals surface area contributed by atoms with E-state index in [9.17, 15) is 4.79 Å². The van der Waals surface area contributed by atoms with E-state index in [4.69, 9.17) is 9.47 Å². The Labute approximate surface area is 224 Å². The molecular weight excluding hydrogens is 474 g/mol. The lowest BCUT2D eigenvalue weighted by molar-refractivity contribution is -0.133. The first kappa shape index (κ1) is 24.6. The van der Waals surface area contributed by atoms with Gasteiger partial charge in [-0.2, -0.15) is 0 Å². The molecule has 1 saturated heterocycles. The summed E-state index contributed by atoms with van der Waals surface area (Å²) in [5.41, 5.74) is 7.32. The van der Waals surface area contributed by atoms with Crippen molar-refractivity contribution in [1.29, 1.82) is 0 Å². The van der Waals surface area contributed by atoms with Gasteiger partial charge in [-0.05, 0) is 47.7 Å². The van der Waals surface area contributed by atoms with Crippen LogP contribution in [0, 0.1) is 6.92 Å². The highest BCUT2D eigenvalue weighted by Gasteiger charge is 2.27. The number of amides is 1. The summed E-state index contributed by atoms with van der Waals surface area (Å²) in [6.45, 7) is 8.65. The average molecular weight is 510 g/mol. The zero-order valence-electron chi connectivity index (χ0n) is 22.2. The molecule has 1 atom stereocenters. The smallest absolute Gasteiger partial charge is 0.231 e. The van der Waals surface area contributed by atoms with Crippen LogP contribution in [-0.2, 0) is 17.8 Å². The Kier molecular flexibility index (Phi) is 6.81. The summed E-state index contributed by atoms with van der Waals surface area (Å²) >= 11 is 0. The molecule has 1 amide bonds. The minimum Gasteiger partial charge on any atom is -0.454 e. The second-order valence-corrected chi connectivity index (χ2v) is 10.4. The van der Waals surface area contributed by atoms with Crippen LogP contribution in [0.25, 0.3) is 10.9 Å². The number of fused-ring (bicyclic) bond motifs is 2. The summed E-state index contributed by atoms with van der Waals surface area (Å²) in [5.74, 6) is 1.87. The Morgan fingerprint density at radius 3 is 2.55 bits per heavy atom. The van der Waals surface area contributed by atoms with Gasteiger partial charge < -0.3 is 19.4 Å². The molecule has 0 radical (unpaired) electrons. The maximum atomic E-state index is 13.7. The van der Waals surface area contributed by atoms with Crippen molar-refractivity contribution in [2.75, 3.05) is 33.0 Å². The lowest BCUT2D eigenvalue weighted by Crippen LogP contribution is -2.48. The molecule has 0 bridgehead atoms. The number of hydrogen-bond acceptors (Lipinski definition) is 4. The fraction of sp³-hybridized carbons (Fsp3) is 0.344. The summed E-state index contributed by atoms with van der Waals surface area (Å²) in [6.07, 6.45) is 3.56. The van der Waals surface area contributed by atoms with Gasteiger partial charge in [0, 0.05) is 62.2 Å². The Balaban J connectivity index is 1.16. The van der Waals surface area contributed by atoms with Gasteiger partial charge in [-0.1, -0.05) is 61.0 Å². The highest BCUT2D eigenvalue weighted by Crippen LogP contribution is 2.36. The third-order valence-corrected chi connectivity index (χ3v) is 8.02. The average Bonchev–Trinajstić information content (AvgIpc) is 3.59. The van der Waals surface area contributed by atoms with Crippen LogP contribution >= 0.6 is 0 Å². The molecule has 0 aliphatic carbocycles. The van der Waals surface area contributed by atoms with E-state index >= 15 is 0 Å². The molecule has 1 N–H and O–H groups in total. The molecule has 0 saturated carbocycles. The van der Waals surface area contributed by atoms with Crippen LogP contribution in [0.1, 0.15) is 47.1 Å². The number of carbonyl (C=O) groups excluding carboxylic acids is 1. The molecule has 0 unspecified atom stereocenters. The van der Waals surface area contributed by atoms with Crippen LogP contribution < -0.4 is 9.47 Å². The number of nitrogens with one attached hydrogen (secondary N) is 1. The number of para-hydroxylation sites is 1. The summed E-state index contributed by atoms with van der Waals surface area (Å²) < 4.78 is 11.0. The normalized spacial score (nSPS) is 16.2. The molecule has 2 aliphatic heterocycles. The minimum atomic E-state index is 0.00983. The highest BCUT2D eigenvalue weighted by molar-refractivity contribution is 5.88. The molecular formula is C32H35N3O3. The Morgan fingerprint density at radius 2 is 1.76 bits per heavy atom. The van der Waals surface area contributed by atoms with E-state index in [0.717, 1.165) is 50.6 Å². The molecule has 2 aliphatic rings. The van der Waals surface area contributed by atoms with Crippen molar-refractivity contribution in [2.45, 2.75) is 39.2 Å². The first-order valence-corrected chi connectivity index (χ1v) is 13.6. The number of rotatable bonds is 7. The molecule has 38 heavy (non-hydrogen) atoms. The van der Waals surface area contributed by atoms with Crippen molar-refractivity contribution < 1.29 is 14.3 Å². The zero-order valence-corrected chi connectivity index (χ0v) is 22.2. The Bertz CT molecular complexity index is 1430. The standard InChI is InChI=1S/C32H35N3O3/c1-3-24-5-4-6-26-28(19-33-32(24)26)27(25-10-7-22(2)8-11-25)18-31(36)35-15-13-34(14-16-35)20-23-9-12-29-30(17-23)38-21-37-29/h4-12,17,19,27,33H,3,13-16,18,20-21H2,1-2H3/t27-/m1/s1. The van der Waals surface area contributed by atoms with E-state index in [-0.39, 0.29) is 11.8 Å². The lowest BCUT2D eigenvalue weighted by Gasteiger charge is -2.35. The third kappa shape index (κ3) is 4.88. The van der Waals surface area contributed by atoms with Gasteiger partial charge in [0.05, 0.1) is 0 Å². The van der Waals surface area contributed by atoms with Gasteiger partial charge in [0.15, 0.2) is 11.5 Å². The maximum Gasteiger partial charge on any atom is 0.231 e. The van der Waals surface area contributed by atoms with Gasteiger partial charge in [0.1, 0.15) is 0 Å². The van der Waals surface area contributed by atoms with Crippen molar-refractivity contribution in [2.24, 2.45) is 0 Å². The summed E-state index contributed by atoms with van der Waals surface area (Å²) in [4.78, 5) is 21.6. The molecule has 6 heteroatoms. The number of H-pyrrole nitrogens is 1. The number of ether oxygens (including phenoxy) is 2. The van der Waals surface area contributed by atoms with Gasteiger partial charge in [-0.15, -0.1) is 0 Å². The maximum absolute atomic E-state index is 13.7. The van der Waals surface area contributed by atoms with E-state index < -0.39 is 0 Å². The summed E-state index contributed by atoms with van der Waals surface area (Å²) in [6, 6.07) is 21.3. The molecule has 1 fully saturated rings. The molecule has 6 rings (SSSR count). The van der Waals surface area contributed by atoms with Crippen LogP contribution in [0.3, 0.4) is 0 Å². The molecule has 196 valence electrons. The van der Waals surface area contributed by atoms with Crippen molar-refractivity contribution in [3.05, 3.63) is 94.7 Å². The molecule has 6 nitrogen and oxygen atoms in total. The SMILES string of the molecule is CCc1cccc2c([C@H](CC(=O)N3CCN(Cc4ccc5c(c4)OCO5)CC3)c3ccc(C)cc3)c[nH]c12. The first-order valence-electron chi connectivity index (χ1n) is 13.6. The second-order valence-electron chi connectivity index (χ2n) is 10.4. The van der Waals surface area contributed by atoms with Crippen molar-refractivity contribution in [1.82, 2.24) is 14.8 Å². The fourth-order valence-electron chi connectivity index (χ4n) is 5.78. The number of benzene rings is 3. The predicted octanol–water partition coefficient (Wildman–Crippen LogP) is 5.63. The molecule has 4 aromatic rings. The first-order chi connectivity index (χ1) is 18.6. The zero-order chi connectivity index (χ0) is 26.1. The van der Waals surface area contributed by atoms with E-state index in [2.05, 4.69) is 84.5 Å². The molecule has 0 spiro atoms. The van der Waals surface area contributed by atoms with E-state index in [0.29, 0.717) is 13.2 Å². The molecule has 3 heterocycles.